The lowest BCUT2D eigenvalue weighted by Crippen LogP contribution is -2.32. The molecule has 0 aliphatic carbocycles. The van der Waals surface area contributed by atoms with Crippen molar-refractivity contribution in [2.45, 2.75) is 27.3 Å². The SMILES string of the molecule is CCNCc1c(Cl)cccc1OCC(C)(C)C(=O)OC. The third kappa shape index (κ3) is 4.39. The fraction of sp³-hybridized carbons (Fsp3) is 0.533. The predicted molar refractivity (Wildman–Crippen MR) is 80.1 cm³/mol. The minimum Gasteiger partial charge on any atom is -0.492 e. The van der Waals surface area contributed by atoms with Gasteiger partial charge < -0.3 is 14.8 Å². The van der Waals surface area contributed by atoms with Crippen molar-refractivity contribution in [3.8, 4) is 5.75 Å². The molecule has 0 amide bonds. The Bertz CT molecular complexity index is 460. The van der Waals surface area contributed by atoms with E-state index in [1.807, 2.05) is 25.1 Å². The maximum Gasteiger partial charge on any atom is 0.314 e. The molecule has 0 aromatic heterocycles. The van der Waals surface area contributed by atoms with Crippen molar-refractivity contribution in [3.63, 3.8) is 0 Å². The Morgan fingerprint density at radius 3 is 2.70 bits per heavy atom. The highest BCUT2D eigenvalue weighted by molar-refractivity contribution is 6.31. The van der Waals surface area contributed by atoms with Gasteiger partial charge in [0.2, 0.25) is 0 Å². The van der Waals surface area contributed by atoms with Crippen molar-refractivity contribution in [3.05, 3.63) is 28.8 Å². The topological polar surface area (TPSA) is 47.6 Å². The molecule has 4 nitrogen and oxygen atoms in total. The van der Waals surface area contributed by atoms with Crippen LogP contribution in [0.2, 0.25) is 5.02 Å². The van der Waals surface area contributed by atoms with E-state index in [4.69, 9.17) is 21.1 Å². The minimum absolute atomic E-state index is 0.235. The summed E-state index contributed by atoms with van der Waals surface area (Å²) in [6, 6.07) is 5.51. The predicted octanol–water partition coefficient (Wildman–Crippen LogP) is 3.03. The van der Waals surface area contributed by atoms with E-state index in [0.29, 0.717) is 17.3 Å². The highest BCUT2D eigenvalue weighted by Crippen LogP contribution is 2.28. The second-order valence-electron chi connectivity index (χ2n) is 5.16. The number of esters is 1. The quantitative estimate of drug-likeness (QED) is 0.786. The first kappa shape index (κ1) is 16.8. The van der Waals surface area contributed by atoms with Crippen LogP contribution >= 0.6 is 11.6 Å². The Morgan fingerprint density at radius 1 is 1.40 bits per heavy atom. The lowest BCUT2D eigenvalue weighted by Gasteiger charge is -2.23. The van der Waals surface area contributed by atoms with Crippen LogP contribution in [-0.2, 0) is 16.1 Å². The zero-order valence-electron chi connectivity index (χ0n) is 12.5. The van der Waals surface area contributed by atoms with Crippen LogP contribution in [0.15, 0.2) is 18.2 Å². The molecule has 1 N–H and O–H groups in total. The van der Waals surface area contributed by atoms with Crippen LogP contribution in [0.5, 0.6) is 5.75 Å². The fourth-order valence-electron chi connectivity index (χ4n) is 1.69. The van der Waals surface area contributed by atoms with Gasteiger partial charge in [0.05, 0.1) is 12.5 Å². The molecule has 0 bridgehead atoms. The number of carbonyl (C=O) groups excluding carboxylic acids is 1. The molecule has 0 aliphatic heterocycles. The summed E-state index contributed by atoms with van der Waals surface area (Å²) in [6.07, 6.45) is 0. The summed E-state index contributed by atoms with van der Waals surface area (Å²) in [5, 5.41) is 3.87. The van der Waals surface area contributed by atoms with Crippen LogP contribution in [0.4, 0.5) is 0 Å². The average molecular weight is 300 g/mol. The van der Waals surface area contributed by atoms with Crippen LogP contribution < -0.4 is 10.1 Å². The molecular weight excluding hydrogens is 278 g/mol. The van der Waals surface area contributed by atoms with Crippen molar-refractivity contribution in [1.29, 1.82) is 0 Å². The van der Waals surface area contributed by atoms with Gasteiger partial charge in [-0.15, -0.1) is 0 Å². The van der Waals surface area contributed by atoms with Gasteiger partial charge in [0.25, 0.3) is 0 Å². The van der Waals surface area contributed by atoms with Gasteiger partial charge in [-0.1, -0.05) is 24.6 Å². The van der Waals surface area contributed by atoms with Gasteiger partial charge in [-0.05, 0) is 32.5 Å². The second-order valence-corrected chi connectivity index (χ2v) is 5.57. The van der Waals surface area contributed by atoms with Crippen molar-refractivity contribution in [1.82, 2.24) is 5.32 Å². The zero-order valence-corrected chi connectivity index (χ0v) is 13.2. The maximum absolute atomic E-state index is 11.6. The molecule has 0 unspecified atom stereocenters. The number of halogens is 1. The van der Waals surface area contributed by atoms with Crippen LogP contribution in [0.25, 0.3) is 0 Å². The summed E-state index contributed by atoms with van der Waals surface area (Å²) in [7, 11) is 1.38. The van der Waals surface area contributed by atoms with Gasteiger partial charge >= 0.3 is 5.97 Å². The highest BCUT2D eigenvalue weighted by atomic mass is 35.5. The van der Waals surface area contributed by atoms with Gasteiger partial charge in [-0.25, -0.2) is 0 Å². The molecule has 0 atom stereocenters. The summed E-state index contributed by atoms with van der Waals surface area (Å²) < 4.78 is 10.5. The lowest BCUT2D eigenvalue weighted by molar-refractivity contribution is -0.152. The zero-order chi connectivity index (χ0) is 15.2. The van der Waals surface area contributed by atoms with E-state index < -0.39 is 5.41 Å². The Balaban J connectivity index is 2.82. The minimum atomic E-state index is -0.702. The molecule has 1 aromatic rings. The Morgan fingerprint density at radius 2 is 2.10 bits per heavy atom. The van der Waals surface area contributed by atoms with Crippen LogP contribution in [0, 0.1) is 5.41 Å². The van der Waals surface area contributed by atoms with E-state index >= 15 is 0 Å². The number of hydrogen-bond donors (Lipinski definition) is 1. The maximum atomic E-state index is 11.6. The van der Waals surface area contributed by atoms with E-state index in [2.05, 4.69) is 5.32 Å². The number of hydrogen-bond acceptors (Lipinski definition) is 4. The summed E-state index contributed by atoms with van der Waals surface area (Å²) in [5.74, 6) is 0.392. The van der Waals surface area contributed by atoms with Gasteiger partial charge in [0.15, 0.2) is 0 Å². The molecule has 0 radical (unpaired) electrons. The molecule has 1 aromatic carbocycles. The Labute approximate surface area is 125 Å². The van der Waals surface area contributed by atoms with Gasteiger partial charge in [0.1, 0.15) is 12.4 Å². The standard InChI is InChI=1S/C15H22ClNO3/c1-5-17-9-11-12(16)7-6-8-13(11)20-10-15(2,3)14(18)19-4/h6-8,17H,5,9-10H2,1-4H3. The average Bonchev–Trinajstić information content (AvgIpc) is 2.43. The second kappa shape index (κ2) is 7.50. The van der Waals surface area contributed by atoms with Crippen molar-refractivity contribution < 1.29 is 14.3 Å². The number of ether oxygens (including phenoxy) is 2. The van der Waals surface area contributed by atoms with Gasteiger partial charge in [-0.3, -0.25) is 4.79 Å². The molecule has 0 saturated carbocycles. The highest BCUT2D eigenvalue weighted by Gasteiger charge is 2.30. The largest absolute Gasteiger partial charge is 0.492 e. The monoisotopic (exact) mass is 299 g/mol. The molecule has 20 heavy (non-hydrogen) atoms. The van der Waals surface area contributed by atoms with Crippen molar-refractivity contribution >= 4 is 17.6 Å². The van der Waals surface area contributed by atoms with Crippen LogP contribution in [-0.4, -0.2) is 26.2 Å². The number of rotatable bonds is 7. The number of nitrogens with one attached hydrogen (secondary N) is 1. The summed E-state index contributed by atoms with van der Waals surface area (Å²) in [4.78, 5) is 11.6. The molecule has 0 spiro atoms. The Kier molecular flexibility index (Phi) is 6.30. The van der Waals surface area contributed by atoms with E-state index in [1.54, 1.807) is 13.8 Å². The third-order valence-corrected chi connectivity index (χ3v) is 3.31. The molecule has 112 valence electrons. The first-order valence-corrected chi connectivity index (χ1v) is 6.99. The van der Waals surface area contributed by atoms with E-state index in [9.17, 15) is 4.79 Å². The first-order chi connectivity index (χ1) is 9.42. The lowest BCUT2D eigenvalue weighted by atomic mass is 9.95. The van der Waals surface area contributed by atoms with E-state index in [0.717, 1.165) is 12.1 Å². The van der Waals surface area contributed by atoms with Gasteiger partial charge in [0, 0.05) is 17.1 Å². The summed E-state index contributed by atoms with van der Waals surface area (Å²) >= 11 is 6.19. The van der Waals surface area contributed by atoms with Crippen LogP contribution in [0.1, 0.15) is 26.3 Å². The normalized spacial score (nSPS) is 11.2. The third-order valence-electron chi connectivity index (χ3n) is 2.95. The number of carbonyl (C=O) groups is 1. The Hall–Kier alpha value is -1.26. The molecule has 1 rings (SSSR count). The van der Waals surface area contributed by atoms with Gasteiger partial charge in [-0.2, -0.15) is 0 Å². The summed E-state index contributed by atoms with van der Waals surface area (Å²) in [6.45, 7) is 7.31. The molecule has 0 saturated heterocycles. The fourth-order valence-corrected chi connectivity index (χ4v) is 1.92. The number of benzene rings is 1. The number of methoxy groups -OCH3 is 1. The molecular formula is C15H22ClNO3. The van der Waals surface area contributed by atoms with E-state index in [1.165, 1.54) is 7.11 Å². The molecule has 0 heterocycles. The molecule has 5 heteroatoms. The van der Waals surface area contributed by atoms with Crippen molar-refractivity contribution in [2.75, 3.05) is 20.3 Å². The molecule has 0 aliphatic rings. The van der Waals surface area contributed by atoms with Crippen LogP contribution in [0.3, 0.4) is 0 Å². The molecule has 0 fully saturated rings. The smallest absolute Gasteiger partial charge is 0.314 e. The summed E-state index contributed by atoms with van der Waals surface area (Å²) in [5.41, 5.74) is 0.198. The first-order valence-electron chi connectivity index (χ1n) is 6.61. The van der Waals surface area contributed by atoms with Crippen molar-refractivity contribution in [2.24, 2.45) is 5.41 Å². The van der Waals surface area contributed by atoms with E-state index in [-0.39, 0.29) is 12.6 Å².